The number of hydrogen-bond donors (Lipinski definition) is 3. The molecule has 140 valence electrons. The molecule has 2 aliphatic heterocycles. The van der Waals surface area contributed by atoms with Crippen molar-refractivity contribution in [3.8, 4) is 0 Å². The van der Waals surface area contributed by atoms with Gasteiger partial charge in [0, 0.05) is 47.8 Å². The zero-order valence-electron chi connectivity index (χ0n) is 15.2. The molecule has 1 aromatic heterocycles. The Morgan fingerprint density at radius 2 is 1.74 bits per heavy atom. The normalized spacial score (nSPS) is 23.6. The number of nitrogens with zero attached hydrogens (tertiary/aromatic N) is 1. The molecule has 0 aliphatic carbocycles. The van der Waals surface area contributed by atoms with E-state index in [9.17, 15) is 9.59 Å². The molecular weight excluding hydrogens is 340 g/mol. The van der Waals surface area contributed by atoms with Gasteiger partial charge in [0.1, 0.15) is 0 Å². The fraction of sp³-hybridized carbons (Fsp3) is 0.381. The van der Waals surface area contributed by atoms with Crippen molar-refractivity contribution in [2.45, 2.75) is 44.2 Å². The molecule has 0 radical (unpaired) electrons. The van der Waals surface area contributed by atoms with E-state index in [0.717, 1.165) is 12.8 Å². The van der Waals surface area contributed by atoms with E-state index < -0.39 is 0 Å². The van der Waals surface area contributed by atoms with Gasteiger partial charge >= 0.3 is 0 Å². The van der Waals surface area contributed by atoms with Crippen molar-refractivity contribution in [2.24, 2.45) is 5.92 Å². The van der Waals surface area contributed by atoms with Crippen LogP contribution in [0.5, 0.6) is 0 Å². The highest BCUT2D eigenvalue weighted by molar-refractivity contribution is 6.05. The molecule has 2 amide bonds. The lowest BCUT2D eigenvalue weighted by Crippen LogP contribution is -2.39. The van der Waals surface area contributed by atoms with Crippen molar-refractivity contribution in [1.29, 1.82) is 0 Å². The molecule has 0 saturated carbocycles. The minimum Gasteiger partial charge on any atom is -0.326 e. The third kappa shape index (κ3) is 4.52. The average molecular weight is 364 g/mol. The molecular formula is C21H24N4O2. The third-order valence-corrected chi connectivity index (χ3v) is 5.39. The molecule has 2 aromatic rings. The van der Waals surface area contributed by atoms with Gasteiger partial charge in [-0.2, -0.15) is 0 Å². The van der Waals surface area contributed by atoms with Crippen LogP contribution in [0.2, 0.25) is 0 Å². The molecule has 0 spiro atoms. The second-order valence-corrected chi connectivity index (χ2v) is 7.50. The van der Waals surface area contributed by atoms with Gasteiger partial charge in [0.15, 0.2) is 0 Å². The number of nitrogens with one attached hydrogen (secondary N) is 3. The molecule has 2 bridgehead atoms. The highest BCUT2D eigenvalue weighted by Gasteiger charge is 2.34. The highest BCUT2D eigenvalue weighted by atomic mass is 16.2. The zero-order valence-corrected chi connectivity index (χ0v) is 15.2. The van der Waals surface area contributed by atoms with Gasteiger partial charge in [-0.15, -0.1) is 0 Å². The van der Waals surface area contributed by atoms with Crippen LogP contribution in [-0.2, 0) is 4.79 Å². The smallest absolute Gasteiger partial charge is 0.255 e. The summed E-state index contributed by atoms with van der Waals surface area (Å²) >= 11 is 0. The Hall–Kier alpha value is -2.73. The summed E-state index contributed by atoms with van der Waals surface area (Å²) in [6.45, 7) is 0. The first-order valence-electron chi connectivity index (χ1n) is 9.53. The Morgan fingerprint density at radius 3 is 2.48 bits per heavy atom. The standard InChI is InChI=1S/C21H24N4O2/c26-20(12-14-10-18-4-5-19(11-14)23-18)24-17-3-1-2-15(13-17)21(27)25-16-6-8-22-9-7-16/h1-3,6-9,13-14,18-19,23H,4-5,10-12H2,(H,24,26)(H,22,25,27). The summed E-state index contributed by atoms with van der Waals surface area (Å²) in [5.41, 5.74) is 1.84. The number of fused-ring (bicyclic) bond motifs is 2. The predicted octanol–water partition coefficient (Wildman–Crippen LogP) is 3.19. The second kappa shape index (κ2) is 7.88. The van der Waals surface area contributed by atoms with Gasteiger partial charge in [-0.3, -0.25) is 14.6 Å². The van der Waals surface area contributed by atoms with E-state index in [1.54, 1.807) is 42.7 Å². The lowest BCUT2D eigenvalue weighted by Gasteiger charge is -2.28. The van der Waals surface area contributed by atoms with Gasteiger partial charge in [-0.25, -0.2) is 0 Å². The van der Waals surface area contributed by atoms with Crippen molar-refractivity contribution < 1.29 is 9.59 Å². The fourth-order valence-corrected chi connectivity index (χ4v) is 4.19. The van der Waals surface area contributed by atoms with E-state index in [0.29, 0.717) is 41.4 Å². The molecule has 1 aromatic carbocycles. The number of amides is 2. The van der Waals surface area contributed by atoms with Gasteiger partial charge in [0.05, 0.1) is 0 Å². The molecule has 6 nitrogen and oxygen atoms in total. The molecule has 2 unspecified atom stereocenters. The number of carbonyl (C=O) groups is 2. The van der Waals surface area contributed by atoms with Gasteiger partial charge in [0.25, 0.3) is 5.91 Å². The van der Waals surface area contributed by atoms with Crippen LogP contribution >= 0.6 is 0 Å². The maximum atomic E-state index is 12.4. The topological polar surface area (TPSA) is 83.1 Å². The van der Waals surface area contributed by atoms with Crippen LogP contribution in [0.15, 0.2) is 48.8 Å². The van der Waals surface area contributed by atoms with Gasteiger partial charge in [-0.05, 0) is 61.9 Å². The van der Waals surface area contributed by atoms with Crippen LogP contribution in [0.1, 0.15) is 42.5 Å². The summed E-state index contributed by atoms with van der Waals surface area (Å²) in [6, 6.07) is 11.7. The third-order valence-electron chi connectivity index (χ3n) is 5.39. The number of carbonyl (C=O) groups excluding carboxylic acids is 2. The Labute approximate surface area is 158 Å². The predicted molar refractivity (Wildman–Crippen MR) is 105 cm³/mol. The Morgan fingerprint density at radius 1 is 1.00 bits per heavy atom. The monoisotopic (exact) mass is 364 g/mol. The van der Waals surface area contributed by atoms with Crippen LogP contribution in [0.4, 0.5) is 11.4 Å². The van der Waals surface area contributed by atoms with Crippen molar-refractivity contribution in [1.82, 2.24) is 10.3 Å². The van der Waals surface area contributed by atoms with Crippen molar-refractivity contribution in [3.63, 3.8) is 0 Å². The van der Waals surface area contributed by atoms with Crippen LogP contribution < -0.4 is 16.0 Å². The summed E-state index contributed by atoms with van der Waals surface area (Å²) in [5, 5.41) is 9.37. The van der Waals surface area contributed by atoms with E-state index in [-0.39, 0.29) is 11.8 Å². The first-order valence-corrected chi connectivity index (χ1v) is 9.53. The molecule has 3 N–H and O–H groups in total. The van der Waals surface area contributed by atoms with E-state index in [1.165, 1.54) is 12.8 Å². The van der Waals surface area contributed by atoms with Gasteiger partial charge < -0.3 is 16.0 Å². The fourth-order valence-electron chi connectivity index (χ4n) is 4.19. The first-order chi connectivity index (χ1) is 13.2. The van der Waals surface area contributed by atoms with Gasteiger partial charge in [0.2, 0.25) is 5.91 Å². The molecule has 2 fully saturated rings. The molecule has 27 heavy (non-hydrogen) atoms. The van der Waals surface area contributed by atoms with Crippen LogP contribution in [0.3, 0.4) is 0 Å². The number of hydrogen-bond acceptors (Lipinski definition) is 4. The van der Waals surface area contributed by atoms with Crippen molar-refractivity contribution in [2.75, 3.05) is 10.6 Å². The lowest BCUT2D eigenvalue weighted by atomic mass is 9.89. The molecule has 6 heteroatoms. The summed E-state index contributed by atoms with van der Waals surface area (Å²) in [5.74, 6) is 0.252. The summed E-state index contributed by atoms with van der Waals surface area (Å²) < 4.78 is 0. The SMILES string of the molecule is O=C(CC1CC2CCC(C1)N2)Nc1cccc(C(=O)Nc2ccncc2)c1. The zero-order chi connectivity index (χ0) is 18.6. The van der Waals surface area contributed by atoms with E-state index in [2.05, 4.69) is 20.9 Å². The summed E-state index contributed by atoms with van der Waals surface area (Å²) in [7, 11) is 0. The number of anilines is 2. The number of aromatic nitrogens is 1. The maximum absolute atomic E-state index is 12.4. The quantitative estimate of drug-likeness (QED) is 0.761. The van der Waals surface area contributed by atoms with Crippen molar-refractivity contribution >= 4 is 23.2 Å². The lowest BCUT2D eigenvalue weighted by molar-refractivity contribution is -0.117. The Balaban J connectivity index is 1.34. The molecule has 2 aliphatic rings. The Bertz CT molecular complexity index is 812. The summed E-state index contributed by atoms with van der Waals surface area (Å²) in [4.78, 5) is 28.8. The summed E-state index contributed by atoms with van der Waals surface area (Å²) in [6.07, 6.45) is 8.42. The highest BCUT2D eigenvalue weighted by Crippen LogP contribution is 2.32. The molecule has 4 rings (SSSR count). The van der Waals surface area contributed by atoms with Crippen LogP contribution in [0, 0.1) is 5.92 Å². The van der Waals surface area contributed by atoms with Crippen LogP contribution in [0.25, 0.3) is 0 Å². The Kier molecular flexibility index (Phi) is 5.16. The maximum Gasteiger partial charge on any atom is 0.255 e. The second-order valence-electron chi connectivity index (χ2n) is 7.50. The molecule has 2 atom stereocenters. The van der Waals surface area contributed by atoms with Crippen molar-refractivity contribution in [3.05, 3.63) is 54.4 Å². The molecule has 3 heterocycles. The number of rotatable bonds is 5. The average Bonchev–Trinajstić information content (AvgIpc) is 3.01. The van der Waals surface area contributed by atoms with E-state index in [1.807, 2.05) is 6.07 Å². The number of benzene rings is 1. The first kappa shape index (κ1) is 17.7. The number of pyridine rings is 1. The largest absolute Gasteiger partial charge is 0.326 e. The van der Waals surface area contributed by atoms with Gasteiger partial charge in [-0.1, -0.05) is 6.07 Å². The minimum atomic E-state index is -0.216. The number of piperidine rings is 1. The van der Waals surface area contributed by atoms with E-state index in [4.69, 9.17) is 0 Å². The molecule has 2 saturated heterocycles. The minimum absolute atomic E-state index is 0.0213. The van der Waals surface area contributed by atoms with E-state index >= 15 is 0 Å². The van der Waals surface area contributed by atoms with Crippen LogP contribution in [-0.4, -0.2) is 28.9 Å².